The van der Waals surface area contributed by atoms with Crippen LogP contribution in [0.2, 0.25) is 0 Å². The second-order valence-corrected chi connectivity index (χ2v) is 5.91. The first-order valence-corrected chi connectivity index (χ1v) is 7.02. The Morgan fingerprint density at radius 2 is 2.00 bits per heavy atom. The molecule has 0 spiro atoms. The molecular weight excluding hydrogens is 198 g/mol. The van der Waals surface area contributed by atoms with E-state index in [-0.39, 0.29) is 0 Å². The number of rotatable bonds is 8. The molecule has 0 saturated heterocycles. The Morgan fingerprint density at radius 3 is 2.62 bits per heavy atom. The van der Waals surface area contributed by atoms with Crippen molar-refractivity contribution in [3.8, 4) is 0 Å². The van der Waals surface area contributed by atoms with Gasteiger partial charge >= 0.3 is 0 Å². The molecule has 16 heavy (non-hydrogen) atoms. The van der Waals surface area contributed by atoms with Crippen LogP contribution in [0.5, 0.6) is 0 Å². The molecule has 1 N–H and O–H groups in total. The van der Waals surface area contributed by atoms with E-state index in [1.165, 1.54) is 45.1 Å². The summed E-state index contributed by atoms with van der Waals surface area (Å²) in [4.78, 5) is 0. The third-order valence-corrected chi connectivity index (χ3v) is 4.43. The smallest absolute Gasteiger partial charge is 0.0471 e. The number of ether oxygens (including phenoxy) is 1. The summed E-state index contributed by atoms with van der Waals surface area (Å²) < 4.78 is 5.73. The standard InChI is InChI=1S/C14H27NO/c1-3-4-6-16-7-5-14(11-15-2)9-12-8-13(12)10-14/h12-13,15H,3-11H2,1-2H3. The van der Waals surface area contributed by atoms with E-state index in [2.05, 4.69) is 19.3 Å². The third kappa shape index (κ3) is 2.98. The summed E-state index contributed by atoms with van der Waals surface area (Å²) in [7, 11) is 2.09. The van der Waals surface area contributed by atoms with Gasteiger partial charge in [-0.3, -0.25) is 0 Å². The number of nitrogens with one attached hydrogen (secondary N) is 1. The van der Waals surface area contributed by atoms with Gasteiger partial charge in [-0.15, -0.1) is 0 Å². The average Bonchev–Trinajstić information content (AvgIpc) is 2.88. The molecule has 0 aromatic rings. The van der Waals surface area contributed by atoms with Crippen molar-refractivity contribution in [1.82, 2.24) is 5.32 Å². The minimum Gasteiger partial charge on any atom is -0.381 e. The van der Waals surface area contributed by atoms with Crippen molar-refractivity contribution >= 4 is 0 Å². The van der Waals surface area contributed by atoms with E-state index in [9.17, 15) is 0 Å². The van der Waals surface area contributed by atoms with Crippen LogP contribution in [-0.4, -0.2) is 26.8 Å². The minimum atomic E-state index is 0.578. The van der Waals surface area contributed by atoms with Gasteiger partial charge in [0.25, 0.3) is 0 Å². The van der Waals surface area contributed by atoms with Gasteiger partial charge < -0.3 is 10.1 Å². The second kappa shape index (κ2) is 5.50. The minimum absolute atomic E-state index is 0.578. The summed E-state index contributed by atoms with van der Waals surface area (Å²) in [5.74, 6) is 2.15. The van der Waals surface area contributed by atoms with E-state index in [1.54, 1.807) is 0 Å². The molecule has 0 aliphatic heterocycles. The van der Waals surface area contributed by atoms with Crippen LogP contribution in [0.3, 0.4) is 0 Å². The van der Waals surface area contributed by atoms with Crippen LogP contribution in [0.15, 0.2) is 0 Å². The fourth-order valence-corrected chi connectivity index (χ4v) is 3.45. The summed E-state index contributed by atoms with van der Waals surface area (Å²) in [6, 6.07) is 0. The number of hydrogen-bond donors (Lipinski definition) is 1. The molecule has 2 aliphatic rings. The van der Waals surface area contributed by atoms with Crippen molar-refractivity contribution in [1.29, 1.82) is 0 Å². The lowest BCUT2D eigenvalue weighted by Crippen LogP contribution is -2.32. The molecule has 0 heterocycles. The zero-order valence-corrected chi connectivity index (χ0v) is 10.9. The van der Waals surface area contributed by atoms with Gasteiger partial charge in [0.05, 0.1) is 0 Å². The molecule has 2 rings (SSSR count). The van der Waals surface area contributed by atoms with Crippen molar-refractivity contribution in [2.75, 3.05) is 26.8 Å². The molecular formula is C14H27NO. The molecule has 2 heteroatoms. The number of hydrogen-bond acceptors (Lipinski definition) is 2. The molecule has 2 atom stereocenters. The van der Waals surface area contributed by atoms with Crippen molar-refractivity contribution in [2.45, 2.75) is 45.4 Å². The van der Waals surface area contributed by atoms with E-state index in [1.807, 2.05) is 0 Å². The highest BCUT2D eigenvalue weighted by Gasteiger charge is 2.52. The largest absolute Gasteiger partial charge is 0.381 e. The SMILES string of the molecule is CCCCOCCC1(CNC)CC2CC2C1. The maximum Gasteiger partial charge on any atom is 0.0471 e. The monoisotopic (exact) mass is 225 g/mol. The molecule has 0 bridgehead atoms. The third-order valence-electron chi connectivity index (χ3n) is 4.43. The zero-order valence-electron chi connectivity index (χ0n) is 10.9. The number of unbranched alkanes of at least 4 members (excludes halogenated alkanes) is 1. The quantitative estimate of drug-likeness (QED) is 0.641. The first-order chi connectivity index (χ1) is 7.79. The van der Waals surface area contributed by atoms with Gasteiger partial charge in [0, 0.05) is 19.8 Å². The normalized spacial score (nSPS) is 36.4. The van der Waals surface area contributed by atoms with Crippen molar-refractivity contribution in [3.63, 3.8) is 0 Å². The molecule has 94 valence electrons. The lowest BCUT2D eigenvalue weighted by molar-refractivity contribution is 0.0879. The van der Waals surface area contributed by atoms with Crippen LogP contribution in [0, 0.1) is 17.3 Å². The van der Waals surface area contributed by atoms with Crippen LogP contribution in [0.4, 0.5) is 0 Å². The lowest BCUT2D eigenvalue weighted by Gasteiger charge is -2.30. The molecule has 2 unspecified atom stereocenters. The maximum atomic E-state index is 5.73. The number of fused-ring (bicyclic) bond motifs is 1. The fraction of sp³-hybridized carbons (Fsp3) is 1.00. The van der Waals surface area contributed by atoms with Gasteiger partial charge in [-0.25, -0.2) is 0 Å². The van der Waals surface area contributed by atoms with Crippen LogP contribution in [0.25, 0.3) is 0 Å². The van der Waals surface area contributed by atoms with E-state index in [4.69, 9.17) is 4.74 Å². The van der Waals surface area contributed by atoms with Gasteiger partial charge in [-0.2, -0.15) is 0 Å². The summed E-state index contributed by atoms with van der Waals surface area (Å²) in [5.41, 5.74) is 0.578. The lowest BCUT2D eigenvalue weighted by atomic mass is 9.80. The zero-order chi connectivity index (χ0) is 11.4. The Kier molecular flexibility index (Phi) is 4.26. The van der Waals surface area contributed by atoms with Gasteiger partial charge in [0.1, 0.15) is 0 Å². The Hall–Kier alpha value is -0.0800. The van der Waals surface area contributed by atoms with E-state index in [0.29, 0.717) is 5.41 Å². The Balaban J connectivity index is 1.67. The molecule has 0 amide bonds. The van der Waals surface area contributed by atoms with E-state index in [0.717, 1.165) is 25.0 Å². The second-order valence-electron chi connectivity index (χ2n) is 5.91. The Morgan fingerprint density at radius 1 is 1.25 bits per heavy atom. The highest BCUT2D eigenvalue weighted by atomic mass is 16.5. The van der Waals surface area contributed by atoms with Crippen LogP contribution >= 0.6 is 0 Å². The van der Waals surface area contributed by atoms with Crippen LogP contribution in [0.1, 0.15) is 45.4 Å². The first-order valence-electron chi connectivity index (χ1n) is 7.02. The molecule has 2 nitrogen and oxygen atoms in total. The summed E-state index contributed by atoms with van der Waals surface area (Å²) in [6.45, 7) is 5.34. The van der Waals surface area contributed by atoms with Gasteiger partial charge in [0.2, 0.25) is 0 Å². The highest BCUT2D eigenvalue weighted by Crippen LogP contribution is 2.60. The van der Waals surface area contributed by atoms with Crippen molar-refractivity contribution in [2.24, 2.45) is 17.3 Å². The molecule has 0 aromatic heterocycles. The van der Waals surface area contributed by atoms with Crippen LogP contribution in [-0.2, 0) is 4.74 Å². The Bertz CT molecular complexity index is 207. The summed E-state index contributed by atoms with van der Waals surface area (Å²) in [5, 5.41) is 3.39. The molecule has 0 aromatic carbocycles. The molecule has 2 aliphatic carbocycles. The fourth-order valence-electron chi connectivity index (χ4n) is 3.45. The van der Waals surface area contributed by atoms with Crippen LogP contribution < -0.4 is 5.32 Å². The van der Waals surface area contributed by atoms with Gasteiger partial charge in [-0.05, 0) is 56.4 Å². The van der Waals surface area contributed by atoms with E-state index < -0.39 is 0 Å². The summed E-state index contributed by atoms with van der Waals surface area (Å²) >= 11 is 0. The van der Waals surface area contributed by atoms with Crippen molar-refractivity contribution < 1.29 is 4.74 Å². The highest BCUT2D eigenvalue weighted by molar-refractivity contribution is 5.03. The predicted octanol–water partition coefficient (Wildman–Crippen LogP) is 2.83. The predicted molar refractivity (Wildman–Crippen MR) is 67.5 cm³/mol. The maximum absolute atomic E-state index is 5.73. The van der Waals surface area contributed by atoms with Crippen molar-refractivity contribution in [3.05, 3.63) is 0 Å². The van der Waals surface area contributed by atoms with Gasteiger partial charge in [-0.1, -0.05) is 13.3 Å². The summed E-state index contributed by atoms with van der Waals surface area (Å²) in [6.07, 6.45) is 8.15. The Labute approximate surface area is 100 Å². The topological polar surface area (TPSA) is 21.3 Å². The van der Waals surface area contributed by atoms with E-state index >= 15 is 0 Å². The molecule has 0 radical (unpaired) electrons. The molecule has 2 saturated carbocycles. The van der Waals surface area contributed by atoms with Gasteiger partial charge in [0.15, 0.2) is 0 Å². The molecule has 2 fully saturated rings. The first kappa shape index (κ1) is 12.4. The average molecular weight is 225 g/mol.